The van der Waals surface area contributed by atoms with Gasteiger partial charge in [-0.15, -0.1) is 0 Å². The van der Waals surface area contributed by atoms with Crippen molar-refractivity contribution in [1.29, 1.82) is 0 Å². The summed E-state index contributed by atoms with van der Waals surface area (Å²) in [4.78, 5) is 27.8. The third-order valence-corrected chi connectivity index (χ3v) is 7.18. The van der Waals surface area contributed by atoms with Crippen molar-refractivity contribution in [2.24, 2.45) is 5.92 Å². The van der Waals surface area contributed by atoms with E-state index in [2.05, 4.69) is 10.0 Å². The molecule has 180 valence electrons. The summed E-state index contributed by atoms with van der Waals surface area (Å²) in [5.74, 6) is -0.947. The molecule has 1 heterocycles. The molecule has 0 spiro atoms. The lowest BCUT2D eigenvalue weighted by Crippen LogP contribution is -2.57. The van der Waals surface area contributed by atoms with Gasteiger partial charge in [-0.3, -0.25) is 9.59 Å². The first kappa shape index (κ1) is 24.9. The second-order valence-corrected chi connectivity index (χ2v) is 10.3. The first-order valence-electron chi connectivity index (χ1n) is 11.1. The fraction of sp³-hybridized carbons (Fsp3) is 0.478. The summed E-state index contributed by atoms with van der Waals surface area (Å²) in [6, 6.07) is 6.92. The highest BCUT2D eigenvalue weighted by Crippen LogP contribution is 2.28. The number of nitrogens with zero attached hydrogens (tertiary/aromatic N) is 1. The lowest BCUT2D eigenvalue weighted by atomic mass is 9.98. The average molecular weight is 480 g/mol. The number of carbonyl (C=O) groups excluding carboxylic acids is 2. The maximum absolute atomic E-state index is 13.3. The second kappa shape index (κ2) is 10.9. The third-order valence-electron chi connectivity index (χ3n) is 5.76. The van der Waals surface area contributed by atoms with E-state index in [0.29, 0.717) is 5.76 Å². The fourth-order valence-corrected chi connectivity index (χ4v) is 5.13. The lowest BCUT2D eigenvalue weighted by Gasteiger charge is -2.38. The molecule has 0 aliphatic heterocycles. The first-order chi connectivity index (χ1) is 15.7. The van der Waals surface area contributed by atoms with Crippen LogP contribution in [-0.4, -0.2) is 43.8 Å². The van der Waals surface area contributed by atoms with Crippen LogP contribution in [0.3, 0.4) is 0 Å². The minimum atomic E-state index is -4.01. The topological polar surface area (TPSA) is 109 Å². The van der Waals surface area contributed by atoms with Crippen molar-refractivity contribution in [1.82, 2.24) is 14.9 Å². The van der Waals surface area contributed by atoms with E-state index in [1.807, 2.05) is 13.8 Å². The van der Waals surface area contributed by atoms with Gasteiger partial charge >= 0.3 is 0 Å². The molecule has 3 rings (SSSR count). The van der Waals surface area contributed by atoms with E-state index < -0.39 is 34.3 Å². The molecule has 1 fully saturated rings. The number of halogens is 1. The lowest BCUT2D eigenvalue weighted by molar-refractivity contribution is -0.144. The number of amides is 2. The van der Waals surface area contributed by atoms with Crippen LogP contribution in [0.2, 0.25) is 0 Å². The molecule has 0 radical (unpaired) electrons. The van der Waals surface area contributed by atoms with E-state index >= 15 is 0 Å². The van der Waals surface area contributed by atoms with E-state index in [9.17, 15) is 22.4 Å². The smallest absolute Gasteiger partial charge is 0.243 e. The molecule has 2 N–H and O–H groups in total. The Kier molecular flexibility index (Phi) is 8.25. The van der Waals surface area contributed by atoms with Gasteiger partial charge < -0.3 is 14.6 Å². The predicted molar refractivity (Wildman–Crippen MR) is 120 cm³/mol. The van der Waals surface area contributed by atoms with Crippen molar-refractivity contribution < 1.29 is 26.8 Å². The molecule has 1 aliphatic carbocycles. The van der Waals surface area contributed by atoms with Crippen LogP contribution in [0.4, 0.5) is 4.39 Å². The van der Waals surface area contributed by atoms with Crippen LogP contribution in [0.5, 0.6) is 0 Å². The molecule has 1 atom stereocenters. The van der Waals surface area contributed by atoms with E-state index in [0.717, 1.165) is 49.9 Å². The molecule has 10 heteroatoms. The maximum atomic E-state index is 13.3. The number of carbonyl (C=O) groups is 2. The highest BCUT2D eigenvalue weighted by Gasteiger charge is 2.38. The van der Waals surface area contributed by atoms with Gasteiger partial charge in [0.05, 0.1) is 24.2 Å². The van der Waals surface area contributed by atoms with Gasteiger partial charge in [0.25, 0.3) is 0 Å². The summed E-state index contributed by atoms with van der Waals surface area (Å²) in [6.07, 6.45) is 4.91. The average Bonchev–Trinajstić information content (AvgIpc) is 3.48. The second-order valence-electron chi connectivity index (χ2n) is 8.50. The molecular formula is C23H30FN3O5S. The summed E-state index contributed by atoms with van der Waals surface area (Å²) in [7, 11) is -4.01. The van der Waals surface area contributed by atoms with Crippen LogP contribution in [0, 0.1) is 11.7 Å². The third kappa shape index (κ3) is 6.42. The normalized spacial score (nSPS) is 15.5. The Hall–Kier alpha value is -2.72. The SMILES string of the molecule is CC(C)[C@@H](C(=O)NCc1ccco1)N(C(=O)CNS(=O)(=O)c1ccc(F)cc1)C1CCCC1. The summed E-state index contributed by atoms with van der Waals surface area (Å²) in [6.45, 7) is 3.41. The highest BCUT2D eigenvalue weighted by atomic mass is 32.2. The van der Waals surface area contributed by atoms with Crippen LogP contribution in [0.25, 0.3) is 0 Å². The Balaban J connectivity index is 1.75. The Morgan fingerprint density at radius 3 is 2.39 bits per heavy atom. The molecule has 1 aliphatic rings. The van der Waals surface area contributed by atoms with Crippen molar-refractivity contribution in [2.45, 2.75) is 63.1 Å². The van der Waals surface area contributed by atoms with Crippen LogP contribution < -0.4 is 10.0 Å². The quantitative estimate of drug-likeness (QED) is 0.545. The fourth-order valence-electron chi connectivity index (χ4n) is 4.16. The molecule has 1 saturated carbocycles. The zero-order valence-electron chi connectivity index (χ0n) is 18.8. The van der Waals surface area contributed by atoms with E-state index in [1.54, 1.807) is 17.0 Å². The summed E-state index contributed by atoms with van der Waals surface area (Å²) >= 11 is 0. The first-order valence-corrected chi connectivity index (χ1v) is 12.5. The molecular weight excluding hydrogens is 449 g/mol. The van der Waals surface area contributed by atoms with Gasteiger partial charge in [0.2, 0.25) is 21.8 Å². The molecule has 8 nitrogen and oxygen atoms in total. The Morgan fingerprint density at radius 1 is 1.15 bits per heavy atom. The zero-order valence-corrected chi connectivity index (χ0v) is 19.6. The van der Waals surface area contributed by atoms with Gasteiger partial charge in [-0.1, -0.05) is 26.7 Å². The van der Waals surface area contributed by atoms with Crippen molar-refractivity contribution in [3.8, 4) is 0 Å². The van der Waals surface area contributed by atoms with Gasteiger partial charge in [-0.05, 0) is 55.2 Å². The molecule has 1 aromatic carbocycles. The van der Waals surface area contributed by atoms with Gasteiger partial charge in [-0.2, -0.15) is 0 Å². The largest absolute Gasteiger partial charge is 0.467 e. The number of rotatable bonds is 10. The van der Waals surface area contributed by atoms with E-state index in [-0.39, 0.29) is 29.3 Å². The van der Waals surface area contributed by atoms with E-state index in [1.165, 1.54) is 6.26 Å². The van der Waals surface area contributed by atoms with Gasteiger partial charge in [0.15, 0.2) is 0 Å². The predicted octanol–water partition coefficient (Wildman–Crippen LogP) is 2.81. The zero-order chi connectivity index (χ0) is 24.0. The molecule has 1 aromatic heterocycles. The van der Waals surface area contributed by atoms with Crippen molar-refractivity contribution >= 4 is 21.8 Å². The molecule has 0 saturated heterocycles. The van der Waals surface area contributed by atoms with Crippen LogP contribution >= 0.6 is 0 Å². The summed E-state index contributed by atoms with van der Waals surface area (Å²) < 4.78 is 45.8. The number of hydrogen-bond donors (Lipinski definition) is 2. The molecule has 0 unspecified atom stereocenters. The Bertz CT molecular complexity index is 1030. The van der Waals surface area contributed by atoms with Gasteiger partial charge in [0, 0.05) is 6.04 Å². The summed E-state index contributed by atoms with van der Waals surface area (Å²) in [5.41, 5.74) is 0. The number of sulfonamides is 1. The molecule has 2 aromatic rings. The van der Waals surface area contributed by atoms with Crippen molar-refractivity contribution in [3.63, 3.8) is 0 Å². The number of benzene rings is 1. The monoisotopic (exact) mass is 479 g/mol. The number of hydrogen-bond acceptors (Lipinski definition) is 5. The molecule has 0 bridgehead atoms. The minimum absolute atomic E-state index is 0.138. The van der Waals surface area contributed by atoms with Crippen LogP contribution in [0.15, 0.2) is 52.0 Å². The summed E-state index contributed by atoms with van der Waals surface area (Å²) in [5, 5.41) is 2.83. The van der Waals surface area contributed by atoms with Crippen LogP contribution in [0.1, 0.15) is 45.3 Å². The standard InChI is InChI=1S/C23H30FN3O5S/c1-16(2)22(23(29)25-14-19-8-5-13-32-19)27(18-6-3-4-7-18)21(28)15-26-33(30,31)20-11-9-17(24)10-12-20/h5,8-13,16,18,22,26H,3-4,6-7,14-15H2,1-2H3,(H,25,29)/t22-/m0/s1. The number of nitrogens with one attached hydrogen (secondary N) is 2. The van der Waals surface area contributed by atoms with Gasteiger partial charge in [-0.25, -0.2) is 17.5 Å². The number of furan rings is 1. The Labute approximate surface area is 193 Å². The van der Waals surface area contributed by atoms with Crippen LogP contribution in [-0.2, 0) is 26.2 Å². The van der Waals surface area contributed by atoms with Crippen molar-refractivity contribution in [2.75, 3.05) is 6.54 Å². The minimum Gasteiger partial charge on any atom is -0.467 e. The Morgan fingerprint density at radius 2 is 1.82 bits per heavy atom. The highest BCUT2D eigenvalue weighted by molar-refractivity contribution is 7.89. The molecule has 33 heavy (non-hydrogen) atoms. The maximum Gasteiger partial charge on any atom is 0.243 e. The van der Waals surface area contributed by atoms with Gasteiger partial charge in [0.1, 0.15) is 17.6 Å². The molecule has 2 amide bonds. The van der Waals surface area contributed by atoms with E-state index in [4.69, 9.17) is 4.42 Å². The van der Waals surface area contributed by atoms with Crippen molar-refractivity contribution in [3.05, 3.63) is 54.2 Å².